The van der Waals surface area contributed by atoms with Gasteiger partial charge in [0.25, 0.3) is 0 Å². The van der Waals surface area contributed by atoms with Crippen LogP contribution in [0.5, 0.6) is 5.75 Å². The summed E-state index contributed by atoms with van der Waals surface area (Å²) in [6.07, 6.45) is 3.50. The number of carbonyl (C=O) groups is 1. The molecule has 0 radical (unpaired) electrons. The molecule has 6 nitrogen and oxygen atoms in total. The second-order valence-corrected chi connectivity index (χ2v) is 9.36. The first-order valence-corrected chi connectivity index (χ1v) is 11.9. The van der Waals surface area contributed by atoms with Gasteiger partial charge in [0.15, 0.2) is 0 Å². The Kier molecular flexibility index (Phi) is 6.67. The average Bonchev–Trinajstić information content (AvgIpc) is 3.41. The van der Waals surface area contributed by atoms with Gasteiger partial charge in [0.2, 0.25) is 5.91 Å². The van der Waals surface area contributed by atoms with E-state index < -0.39 is 17.7 Å². The Balaban J connectivity index is 1.49. The lowest BCUT2D eigenvalue weighted by Crippen LogP contribution is -2.32. The lowest BCUT2D eigenvalue weighted by Gasteiger charge is -2.20. The normalized spacial score (nSPS) is 12.1. The van der Waals surface area contributed by atoms with Gasteiger partial charge in [-0.05, 0) is 60.0 Å². The Bertz CT molecular complexity index is 1570. The van der Waals surface area contributed by atoms with Crippen LogP contribution in [0.15, 0.2) is 73.2 Å². The van der Waals surface area contributed by atoms with Gasteiger partial charge in [-0.15, -0.1) is 0 Å². The van der Waals surface area contributed by atoms with E-state index in [0.29, 0.717) is 21.8 Å². The summed E-state index contributed by atoms with van der Waals surface area (Å²) in [6.45, 7) is 0. The second kappa shape index (κ2) is 10.1. The number of phenols is 1. The molecule has 0 fully saturated rings. The molecule has 1 unspecified atom stereocenters. The quantitative estimate of drug-likeness (QED) is 0.252. The van der Waals surface area contributed by atoms with Crippen LogP contribution >= 0.6 is 11.6 Å². The summed E-state index contributed by atoms with van der Waals surface area (Å²) in [7, 11) is 1.83. The third-order valence-electron chi connectivity index (χ3n) is 6.21. The maximum atomic E-state index is 14.0. The summed E-state index contributed by atoms with van der Waals surface area (Å²) in [4.78, 5) is 20.9. The van der Waals surface area contributed by atoms with Crippen LogP contribution in [0, 0.1) is 11.6 Å². The Morgan fingerprint density at radius 2 is 1.84 bits per heavy atom. The fraction of sp³-hybridized carbons (Fsp3) is 0.143. The van der Waals surface area contributed by atoms with Crippen molar-refractivity contribution in [2.75, 3.05) is 0 Å². The number of hydrogen-bond donors (Lipinski definition) is 3. The van der Waals surface area contributed by atoms with Crippen LogP contribution in [-0.4, -0.2) is 25.5 Å². The smallest absolute Gasteiger partial charge is 0.225 e. The van der Waals surface area contributed by atoms with E-state index in [1.54, 1.807) is 42.9 Å². The van der Waals surface area contributed by atoms with Gasteiger partial charge >= 0.3 is 0 Å². The minimum absolute atomic E-state index is 0.0284. The van der Waals surface area contributed by atoms with Crippen LogP contribution in [0.1, 0.15) is 22.9 Å². The molecule has 1 atom stereocenters. The van der Waals surface area contributed by atoms with Crippen molar-refractivity contribution in [3.63, 3.8) is 0 Å². The van der Waals surface area contributed by atoms with Crippen molar-refractivity contribution in [3.8, 4) is 17.0 Å². The Morgan fingerprint density at radius 1 is 1.11 bits per heavy atom. The molecule has 0 saturated heterocycles. The molecular weight excluding hydrogens is 498 g/mol. The molecule has 37 heavy (non-hydrogen) atoms. The van der Waals surface area contributed by atoms with Crippen molar-refractivity contribution in [1.29, 1.82) is 0 Å². The number of phenolic OH excluding ortho intramolecular Hbond substituents is 1. The minimum Gasteiger partial charge on any atom is -0.508 e. The summed E-state index contributed by atoms with van der Waals surface area (Å²) < 4.78 is 29.8. The second-order valence-electron chi connectivity index (χ2n) is 8.92. The third kappa shape index (κ3) is 5.34. The lowest BCUT2D eigenvalue weighted by atomic mass is 9.98. The fourth-order valence-corrected chi connectivity index (χ4v) is 4.70. The SMILES string of the molecule is Cn1cnc(C(Cc2cc(F)cc(F)c2)NC(=O)Cc2c[nH]c3ccc(O)cc23)c1-c1ccc(Cl)cc1. The van der Waals surface area contributed by atoms with Crippen LogP contribution in [-0.2, 0) is 24.7 Å². The van der Waals surface area contributed by atoms with Crippen molar-refractivity contribution >= 4 is 28.4 Å². The zero-order valence-electron chi connectivity index (χ0n) is 19.8. The predicted molar refractivity (Wildman–Crippen MR) is 138 cm³/mol. The number of halogens is 3. The number of imidazole rings is 1. The molecule has 0 spiro atoms. The number of nitrogens with one attached hydrogen (secondary N) is 2. The molecule has 5 rings (SSSR count). The largest absolute Gasteiger partial charge is 0.508 e. The average molecular weight is 521 g/mol. The van der Waals surface area contributed by atoms with Crippen molar-refractivity contribution in [1.82, 2.24) is 19.9 Å². The van der Waals surface area contributed by atoms with Gasteiger partial charge in [0.05, 0.1) is 30.2 Å². The van der Waals surface area contributed by atoms with Gasteiger partial charge in [0, 0.05) is 40.8 Å². The first-order valence-electron chi connectivity index (χ1n) is 11.6. The molecule has 0 aliphatic heterocycles. The van der Waals surface area contributed by atoms with Gasteiger partial charge in [-0.1, -0.05) is 23.7 Å². The Labute approximate surface area is 216 Å². The summed E-state index contributed by atoms with van der Waals surface area (Å²) in [5.74, 6) is -1.60. The van der Waals surface area contributed by atoms with E-state index in [1.165, 1.54) is 12.1 Å². The highest BCUT2D eigenvalue weighted by Gasteiger charge is 2.24. The Morgan fingerprint density at radius 3 is 2.57 bits per heavy atom. The van der Waals surface area contributed by atoms with E-state index in [4.69, 9.17) is 11.6 Å². The number of hydrogen-bond acceptors (Lipinski definition) is 3. The zero-order valence-corrected chi connectivity index (χ0v) is 20.6. The maximum absolute atomic E-state index is 14.0. The number of aromatic hydroxyl groups is 1. The summed E-state index contributed by atoms with van der Waals surface area (Å²) in [6, 6.07) is 14.7. The molecule has 0 bridgehead atoms. The number of nitrogens with zero attached hydrogens (tertiary/aromatic N) is 2. The van der Waals surface area contributed by atoms with Crippen LogP contribution in [0.2, 0.25) is 5.02 Å². The topological polar surface area (TPSA) is 82.9 Å². The minimum atomic E-state index is -0.697. The number of rotatable bonds is 7. The number of carbonyl (C=O) groups excluding carboxylic acids is 1. The predicted octanol–water partition coefficient (Wildman–Crippen LogP) is 5.85. The molecule has 0 aliphatic carbocycles. The molecular formula is C28H23ClF2N4O2. The van der Waals surface area contributed by atoms with E-state index in [1.807, 2.05) is 23.7 Å². The lowest BCUT2D eigenvalue weighted by molar-refractivity contribution is -0.121. The standard InChI is InChI=1S/C28H23ClF2N4O2/c1-35-15-33-27(28(35)17-2-4-19(29)5-3-17)25(10-16-8-20(30)12-21(31)9-16)34-26(37)11-18-14-32-24-7-6-22(36)13-23(18)24/h2-9,12-15,25,32,36H,10-11H2,1H3,(H,34,37). The van der Waals surface area contributed by atoms with Crippen LogP contribution in [0.25, 0.3) is 22.2 Å². The zero-order chi connectivity index (χ0) is 26.1. The Hall–Kier alpha value is -4.17. The first-order chi connectivity index (χ1) is 17.8. The van der Waals surface area contributed by atoms with Crippen LogP contribution in [0.3, 0.4) is 0 Å². The number of amides is 1. The van der Waals surface area contributed by atoms with Crippen molar-refractivity contribution in [2.45, 2.75) is 18.9 Å². The molecule has 3 N–H and O–H groups in total. The number of fused-ring (bicyclic) bond motifs is 1. The van der Waals surface area contributed by atoms with Gasteiger partial charge in [-0.3, -0.25) is 4.79 Å². The monoisotopic (exact) mass is 520 g/mol. The highest BCUT2D eigenvalue weighted by atomic mass is 35.5. The van der Waals surface area contributed by atoms with E-state index in [9.17, 15) is 18.7 Å². The van der Waals surface area contributed by atoms with Gasteiger partial charge in [-0.25, -0.2) is 13.8 Å². The highest BCUT2D eigenvalue weighted by Crippen LogP contribution is 2.31. The number of aromatic amines is 1. The molecule has 2 aromatic heterocycles. The number of aryl methyl sites for hydroxylation is 1. The van der Waals surface area contributed by atoms with Crippen molar-refractivity contribution < 1.29 is 18.7 Å². The molecule has 3 aromatic carbocycles. The third-order valence-corrected chi connectivity index (χ3v) is 6.46. The number of H-pyrrole nitrogens is 1. The van der Waals surface area contributed by atoms with Crippen LogP contribution in [0.4, 0.5) is 8.78 Å². The van der Waals surface area contributed by atoms with Crippen molar-refractivity contribution in [2.24, 2.45) is 7.05 Å². The molecule has 0 aliphatic rings. The molecule has 9 heteroatoms. The van der Waals surface area contributed by atoms with Crippen LogP contribution < -0.4 is 5.32 Å². The van der Waals surface area contributed by atoms with E-state index in [-0.39, 0.29) is 24.5 Å². The molecule has 1 amide bonds. The van der Waals surface area contributed by atoms with E-state index in [2.05, 4.69) is 15.3 Å². The summed E-state index contributed by atoms with van der Waals surface area (Å²) in [5, 5.41) is 14.2. The maximum Gasteiger partial charge on any atom is 0.225 e. The van der Waals surface area contributed by atoms with Gasteiger partial charge in [0.1, 0.15) is 17.4 Å². The number of aromatic nitrogens is 3. The molecule has 2 heterocycles. The van der Waals surface area contributed by atoms with E-state index >= 15 is 0 Å². The summed E-state index contributed by atoms with van der Waals surface area (Å²) in [5.41, 5.74) is 4.01. The molecule has 188 valence electrons. The van der Waals surface area contributed by atoms with Crippen molar-refractivity contribution in [3.05, 3.63) is 107 Å². The molecule has 0 saturated carbocycles. The van der Waals surface area contributed by atoms with E-state index in [0.717, 1.165) is 28.2 Å². The highest BCUT2D eigenvalue weighted by molar-refractivity contribution is 6.30. The molecule has 5 aromatic rings. The fourth-order valence-electron chi connectivity index (χ4n) is 4.57. The first kappa shape index (κ1) is 24.5. The summed E-state index contributed by atoms with van der Waals surface area (Å²) >= 11 is 6.07. The van der Waals surface area contributed by atoms with Gasteiger partial charge in [-0.2, -0.15) is 0 Å². The number of benzene rings is 3. The van der Waals surface area contributed by atoms with Gasteiger partial charge < -0.3 is 20.0 Å².